The highest BCUT2D eigenvalue weighted by molar-refractivity contribution is 7.17. The van der Waals surface area contributed by atoms with Gasteiger partial charge in [-0.2, -0.15) is 0 Å². The molecule has 0 bridgehead atoms. The molecule has 5 rings (SSSR count). The molecule has 0 N–H and O–H groups in total. The van der Waals surface area contributed by atoms with Crippen molar-refractivity contribution < 1.29 is 28.3 Å². The van der Waals surface area contributed by atoms with Gasteiger partial charge in [0.25, 0.3) is 5.91 Å². The molecule has 37 heavy (non-hydrogen) atoms. The van der Waals surface area contributed by atoms with Crippen LogP contribution in [0.15, 0.2) is 51.7 Å². The average Bonchev–Trinajstić information content (AvgIpc) is 3.41. The number of carbonyl (C=O) groups excluding carboxylic acids is 3. The predicted octanol–water partition coefficient (Wildman–Crippen LogP) is 4.92. The Morgan fingerprint density at radius 3 is 2.54 bits per heavy atom. The standard InChI is InChI=1S/C26H19ClN2O7S/c1-4-35-25(33)22-12(2)28-26(37-22)29-19(13-5-7-14(8-6-13)24(32)34-3)18-20(30)16-11-15(27)9-10-17(16)36-21(18)23(29)31/h5-11,19H,4H2,1-3H3. The maximum absolute atomic E-state index is 13.7. The van der Waals surface area contributed by atoms with Gasteiger partial charge in [-0.15, -0.1) is 0 Å². The molecule has 0 spiro atoms. The third-order valence-electron chi connectivity index (χ3n) is 5.93. The molecule has 9 nitrogen and oxygen atoms in total. The minimum absolute atomic E-state index is 0.108. The summed E-state index contributed by atoms with van der Waals surface area (Å²) in [6.07, 6.45) is 0. The SMILES string of the molecule is CCOC(=O)c1sc(N2C(=O)c3oc4ccc(Cl)cc4c(=O)c3C2c2ccc(C(=O)OC)cc2)nc1C. The Bertz CT molecular complexity index is 1640. The van der Waals surface area contributed by atoms with Crippen molar-refractivity contribution in [3.05, 3.63) is 90.7 Å². The van der Waals surface area contributed by atoms with E-state index in [1.807, 2.05) is 0 Å². The number of aromatic nitrogens is 1. The Labute approximate surface area is 219 Å². The third-order valence-corrected chi connectivity index (χ3v) is 7.30. The lowest BCUT2D eigenvalue weighted by Gasteiger charge is -2.22. The Hall–Kier alpha value is -4.02. The van der Waals surface area contributed by atoms with Gasteiger partial charge in [-0.25, -0.2) is 14.6 Å². The highest BCUT2D eigenvalue weighted by Gasteiger charge is 2.45. The highest BCUT2D eigenvalue weighted by atomic mass is 35.5. The number of nitrogens with zero attached hydrogens (tertiary/aromatic N) is 2. The number of benzene rings is 2. The van der Waals surface area contributed by atoms with Crippen molar-refractivity contribution in [2.24, 2.45) is 0 Å². The highest BCUT2D eigenvalue weighted by Crippen LogP contribution is 2.43. The smallest absolute Gasteiger partial charge is 0.350 e. The van der Waals surface area contributed by atoms with Gasteiger partial charge < -0.3 is 13.9 Å². The van der Waals surface area contributed by atoms with Gasteiger partial charge in [0, 0.05) is 5.02 Å². The van der Waals surface area contributed by atoms with Gasteiger partial charge in [0.2, 0.25) is 5.76 Å². The van der Waals surface area contributed by atoms with E-state index in [4.69, 9.17) is 25.5 Å². The number of halogens is 1. The molecule has 0 saturated heterocycles. The van der Waals surface area contributed by atoms with Crippen LogP contribution in [0.25, 0.3) is 11.0 Å². The number of ether oxygens (including phenoxy) is 2. The van der Waals surface area contributed by atoms with Gasteiger partial charge >= 0.3 is 11.9 Å². The zero-order valence-electron chi connectivity index (χ0n) is 19.9. The number of rotatable bonds is 5. The van der Waals surface area contributed by atoms with Crippen molar-refractivity contribution in [1.29, 1.82) is 0 Å². The number of esters is 2. The van der Waals surface area contributed by atoms with Crippen molar-refractivity contribution in [3.63, 3.8) is 0 Å². The maximum Gasteiger partial charge on any atom is 0.350 e. The zero-order chi connectivity index (χ0) is 26.4. The van der Waals surface area contributed by atoms with Gasteiger partial charge in [-0.3, -0.25) is 14.5 Å². The van der Waals surface area contributed by atoms with E-state index in [0.717, 1.165) is 11.3 Å². The minimum atomic E-state index is -0.936. The summed E-state index contributed by atoms with van der Waals surface area (Å²) in [6.45, 7) is 3.51. The van der Waals surface area contributed by atoms with Crippen molar-refractivity contribution >= 4 is 56.9 Å². The molecule has 3 heterocycles. The number of hydrogen-bond acceptors (Lipinski definition) is 9. The molecule has 0 saturated carbocycles. The zero-order valence-corrected chi connectivity index (χ0v) is 21.4. The summed E-state index contributed by atoms with van der Waals surface area (Å²) < 4.78 is 15.8. The summed E-state index contributed by atoms with van der Waals surface area (Å²) in [6, 6.07) is 9.98. The van der Waals surface area contributed by atoms with E-state index in [9.17, 15) is 19.2 Å². The summed E-state index contributed by atoms with van der Waals surface area (Å²) in [7, 11) is 1.28. The number of anilines is 1. The van der Waals surface area contributed by atoms with Gasteiger partial charge in [0.15, 0.2) is 10.6 Å². The van der Waals surface area contributed by atoms with E-state index >= 15 is 0 Å². The molecule has 1 aliphatic heterocycles. The molecule has 1 aliphatic rings. The molecule has 1 amide bonds. The first-order valence-electron chi connectivity index (χ1n) is 11.2. The largest absolute Gasteiger partial charge is 0.465 e. The summed E-state index contributed by atoms with van der Waals surface area (Å²) in [4.78, 5) is 57.9. The summed E-state index contributed by atoms with van der Waals surface area (Å²) in [5.74, 6) is -1.80. The van der Waals surface area contributed by atoms with Crippen LogP contribution in [0.4, 0.5) is 5.13 Å². The van der Waals surface area contributed by atoms with Gasteiger partial charge in [-0.1, -0.05) is 35.1 Å². The molecule has 0 aliphatic carbocycles. The quantitative estimate of drug-likeness (QED) is 0.329. The second kappa shape index (κ2) is 9.45. The number of carbonyl (C=O) groups is 3. The van der Waals surface area contributed by atoms with Crippen LogP contribution in [0, 0.1) is 6.92 Å². The lowest BCUT2D eigenvalue weighted by molar-refractivity contribution is 0.0529. The van der Waals surface area contributed by atoms with E-state index in [0.29, 0.717) is 21.8 Å². The first kappa shape index (κ1) is 24.7. The van der Waals surface area contributed by atoms with Crippen LogP contribution in [-0.2, 0) is 9.47 Å². The third kappa shape index (κ3) is 4.08. The number of thiazole rings is 1. The minimum Gasteiger partial charge on any atom is -0.465 e. The van der Waals surface area contributed by atoms with Crippen LogP contribution >= 0.6 is 22.9 Å². The summed E-state index contributed by atoms with van der Waals surface area (Å²) in [5, 5.41) is 0.759. The van der Waals surface area contributed by atoms with E-state index in [-0.39, 0.29) is 38.9 Å². The predicted molar refractivity (Wildman–Crippen MR) is 137 cm³/mol. The van der Waals surface area contributed by atoms with Crippen LogP contribution in [0.2, 0.25) is 5.02 Å². The molecule has 2 aromatic heterocycles. The Morgan fingerprint density at radius 2 is 1.86 bits per heavy atom. The fourth-order valence-electron chi connectivity index (χ4n) is 4.25. The Morgan fingerprint density at radius 1 is 1.14 bits per heavy atom. The van der Waals surface area contributed by atoms with Crippen LogP contribution < -0.4 is 10.3 Å². The van der Waals surface area contributed by atoms with Crippen LogP contribution in [0.5, 0.6) is 0 Å². The second-order valence-electron chi connectivity index (χ2n) is 8.14. The second-order valence-corrected chi connectivity index (χ2v) is 9.55. The molecular weight excluding hydrogens is 520 g/mol. The topological polar surface area (TPSA) is 116 Å². The molecule has 11 heteroatoms. The lowest BCUT2D eigenvalue weighted by Crippen LogP contribution is -2.29. The van der Waals surface area contributed by atoms with Gasteiger partial charge in [-0.05, 0) is 49.7 Å². The normalized spacial score (nSPS) is 14.6. The lowest BCUT2D eigenvalue weighted by atomic mass is 9.97. The number of aryl methyl sites for hydroxylation is 1. The number of methoxy groups -OCH3 is 1. The monoisotopic (exact) mass is 538 g/mol. The molecule has 0 radical (unpaired) electrons. The first-order valence-corrected chi connectivity index (χ1v) is 12.4. The molecular formula is C26H19ClN2O7S. The fraction of sp³-hybridized carbons (Fsp3) is 0.192. The molecule has 0 fully saturated rings. The molecule has 1 unspecified atom stereocenters. The van der Waals surface area contributed by atoms with E-state index in [2.05, 4.69) is 4.98 Å². The molecule has 4 aromatic rings. The molecule has 1 atom stereocenters. The van der Waals surface area contributed by atoms with E-state index in [1.54, 1.807) is 44.2 Å². The van der Waals surface area contributed by atoms with Crippen molar-refractivity contribution in [2.45, 2.75) is 19.9 Å². The fourth-order valence-corrected chi connectivity index (χ4v) is 5.41. The van der Waals surface area contributed by atoms with Gasteiger partial charge in [0.05, 0.1) is 42.0 Å². The van der Waals surface area contributed by atoms with Crippen molar-refractivity contribution in [1.82, 2.24) is 4.98 Å². The Balaban J connectivity index is 1.73. The van der Waals surface area contributed by atoms with Crippen molar-refractivity contribution in [2.75, 3.05) is 18.6 Å². The van der Waals surface area contributed by atoms with Gasteiger partial charge in [0.1, 0.15) is 10.5 Å². The first-order chi connectivity index (χ1) is 17.7. The molecule has 2 aromatic carbocycles. The number of amides is 1. The van der Waals surface area contributed by atoms with E-state index in [1.165, 1.54) is 24.1 Å². The summed E-state index contributed by atoms with van der Waals surface area (Å²) >= 11 is 7.11. The maximum atomic E-state index is 13.7. The summed E-state index contributed by atoms with van der Waals surface area (Å²) in [5.41, 5.74) is 1.11. The molecule has 188 valence electrons. The van der Waals surface area contributed by atoms with Crippen LogP contribution in [0.3, 0.4) is 0 Å². The van der Waals surface area contributed by atoms with Crippen molar-refractivity contribution in [3.8, 4) is 0 Å². The van der Waals surface area contributed by atoms with Crippen LogP contribution in [-0.4, -0.2) is 36.5 Å². The number of fused-ring (bicyclic) bond motifs is 2. The van der Waals surface area contributed by atoms with E-state index < -0.39 is 29.3 Å². The Kier molecular flexibility index (Phi) is 6.30. The number of hydrogen-bond donors (Lipinski definition) is 0. The van der Waals surface area contributed by atoms with Crippen LogP contribution in [0.1, 0.15) is 60.4 Å². The average molecular weight is 539 g/mol.